The summed E-state index contributed by atoms with van der Waals surface area (Å²) in [4.78, 5) is 23.3. The molecule has 6 nitrogen and oxygen atoms in total. The van der Waals surface area contributed by atoms with Gasteiger partial charge in [0.25, 0.3) is 0 Å². The molecule has 0 aliphatic carbocycles. The molecule has 1 rings (SSSR count). The van der Waals surface area contributed by atoms with Crippen LogP contribution in [0.15, 0.2) is 6.07 Å². The zero-order chi connectivity index (χ0) is 15.3. The second-order valence-electron chi connectivity index (χ2n) is 4.06. The average Bonchev–Trinajstić information content (AvgIpc) is 2.44. The van der Waals surface area contributed by atoms with Crippen LogP contribution in [0.3, 0.4) is 0 Å². The Hall–Kier alpha value is -2.24. The number of carbonyl (C=O) groups excluding carboxylic acids is 1. The number of carboxylic acids is 1. The fourth-order valence-corrected chi connectivity index (χ4v) is 2.07. The molecule has 0 aliphatic heterocycles. The van der Waals surface area contributed by atoms with E-state index >= 15 is 0 Å². The first kappa shape index (κ1) is 15.8. The summed E-state index contributed by atoms with van der Waals surface area (Å²) in [7, 11) is 4.06. The predicted molar refractivity (Wildman–Crippen MR) is 71.8 cm³/mol. The highest BCUT2D eigenvalue weighted by Gasteiger charge is 2.27. The summed E-state index contributed by atoms with van der Waals surface area (Å²) in [6.45, 7) is 1.91. The summed E-state index contributed by atoms with van der Waals surface area (Å²) < 4.78 is 15.0. The van der Waals surface area contributed by atoms with Crippen LogP contribution in [0, 0.1) is 0 Å². The van der Waals surface area contributed by atoms with Crippen molar-refractivity contribution in [3.8, 4) is 11.5 Å². The van der Waals surface area contributed by atoms with Crippen LogP contribution in [0.25, 0.3) is 0 Å². The van der Waals surface area contributed by atoms with Crippen molar-refractivity contribution >= 4 is 11.9 Å². The van der Waals surface area contributed by atoms with Crippen LogP contribution in [-0.4, -0.2) is 38.4 Å². The Labute approximate surface area is 117 Å². The second-order valence-corrected chi connectivity index (χ2v) is 4.06. The lowest BCUT2D eigenvalue weighted by Gasteiger charge is -2.17. The highest BCUT2D eigenvalue weighted by atomic mass is 16.5. The Bertz CT molecular complexity index is 521. The normalized spacial score (nSPS) is 10.0. The van der Waals surface area contributed by atoms with Gasteiger partial charge in [0, 0.05) is 5.56 Å². The first-order valence-electron chi connectivity index (χ1n) is 6.11. The van der Waals surface area contributed by atoms with Gasteiger partial charge in [-0.3, -0.25) is 0 Å². The maximum Gasteiger partial charge on any atom is 0.338 e. The Balaban J connectivity index is 3.72. The van der Waals surface area contributed by atoms with E-state index in [1.54, 1.807) is 0 Å². The van der Waals surface area contributed by atoms with Crippen molar-refractivity contribution in [2.75, 3.05) is 21.3 Å². The lowest BCUT2D eigenvalue weighted by Crippen LogP contribution is -2.15. The first-order valence-corrected chi connectivity index (χ1v) is 6.11. The monoisotopic (exact) mass is 282 g/mol. The van der Waals surface area contributed by atoms with Crippen molar-refractivity contribution in [1.29, 1.82) is 0 Å². The molecule has 0 atom stereocenters. The molecule has 0 unspecified atom stereocenters. The van der Waals surface area contributed by atoms with Crippen LogP contribution in [0.1, 0.15) is 39.6 Å². The van der Waals surface area contributed by atoms with Crippen LogP contribution < -0.4 is 9.47 Å². The third-order valence-electron chi connectivity index (χ3n) is 2.89. The van der Waals surface area contributed by atoms with Gasteiger partial charge in [-0.2, -0.15) is 0 Å². The van der Waals surface area contributed by atoms with Crippen molar-refractivity contribution in [3.05, 3.63) is 22.8 Å². The standard InChI is InChI=1S/C14H18O6/c1-5-6-8-11(13(15)16)9(14(17)20-4)7-10(18-2)12(8)19-3/h7H,5-6H2,1-4H3,(H,15,16). The Morgan fingerprint density at radius 1 is 1.20 bits per heavy atom. The molecule has 0 bridgehead atoms. The van der Waals surface area contributed by atoms with Gasteiger partial charge in [-0.1, -0.05) is 13.3 Å². The van der Waals surface area contributed by atoms with Crippen molar-refractivity contribution in [1.82, 2.24) is 0 Å². The topological polar surface area (TPSA) is 82.1 Å². The van der Waals surface area contributed by atoms with Crippen LogP contribution in [-0.2, 0) is 11.2 Å². The number of methoxy groups -OCH3 is 3. The summed E-state index contributed by atoms with van der Waals surface area (Å²) in [6.07, 6.45) is 1.15. The molecule has 0 amide bonds. The molecule has 0 saturated heterocycles. The van der Waals surface area contributed by atoms with E-state index in [4.69, 9.17) is 9.47 Å². The van der Waals surface area contributed by atoms with Crippen molar-refractivity contribution in [3.63, 3.8) is 0 Å². The maximum atomic E-state index is 11.8. The smallest absolute Gasteiger partial charge is 0.338 e. The van der Waals surface area contributed by atoms with E-state index in [2.05, 4.69) is 4.74 Å². The van der Waals surface area contributed by atoms with Gasteiger partial charge in [-0.05, 0) is 12.5 Å². The Kier molecular flexibility index (Phi) is 5.37. The molecule has 0 radical (unpaired) electrons. The number of hydrogen-bond donors (Lipinski definition) is 1. The van der Waals surface area contributed by atoms with E-state index in [0.29, 0.717) is 29.9 Å². The maximum absolute atomic E-state index is 11.8. The van der Waals surface area contributed by atoms with Gasteiger partial charge in [0.2, 0.25) is 0 Å². The average molecular weight is 282 g/mol. The van der Waals surface area contributed by atoms with Gasteiger partial charge in [-0.15, -0.1) is 0 Å². The third kappa shape index (κ3) is 2.84. The second kappa shape index (κ2) is 6.79. The highest BCUT2D eigenvalue weighted by molar-refractivity contribution is 6.04. The first-order chi connectivity index (χ1) is 9.51. The SMILES string of the molecule is CCCc1c(OC)c(OC)cc(C(=O)OC)c1C(=O)O. The molecule has 20 heavy (non-hydrogen) atoms. The number of hydrogen-bond acceptors (Lipinski definition) is 5. The number of carbonyl (C=O) groups is 2. The molecule has 0 spiro atoms. The molecule has 0 fully saturated rings. The van der Waals surface area contributed by atoms with Crippen molar-refractivity contribution in [2.24, 2.45) is 0 Å². The van der Waals surface area contributed by atoms with Gasteiger partial charge in [-0.25, -0.2) is 9.59 Å². The summed E-state index contributed by atoms with van der Waals surface area (Å²) >= 11 is 0. The van der Waals surface area contributed by atoms with Crippen LogP contribution in [0.5, 0.6) is 11.5 Å². The fraction of sp³-hybridized carbons (Fsp3) is 0.429. The molecule has 0 aliphatic rings. The largest absolute Gasteiger partial charge is 0.493 e. The zero-order valence-corrected chi connectivity index (χ0v) is 12.0. The number of carboxylic acid groups (broad SMARTS) is 1. The molecule has 1 aromatic carbocycles. The summed E-state index contributed by atoms with van der Waals surface area (Å²) in [6, 6.07) is 1.33. The number of ether oxygens (including phenoxy) is 3. The highest BCUT2D eigenvalue weighted by Crippen LogP contribution is 2.37. The number of aromatic carboxylic acids is 1. The quantitative estimate of drug-likeness (QED) is 0.805. The van der Waals surface area contributed by atoms with Gasteiger partial charge in [0.15, 0.2) is 11.5 Å². The minimum Gasteiger partial charge on any atom is -0.493 e. The van der Waals surface area contributed by atoms with Crippen LogP contribution in [0.4, 0.5) is 0 Å². The van der Waals surface area contributed by atoms with E-state index in [-0.39, 0.29) is 11.1 Å². The lowest BCUT2D eigenvalue weighted by atomic mass is 9.96. The van der Waals surface area contributed by atoms with Gasteiger partial charge < -0.3 is 19.3 Å². The van der Waals surface area contributed by atoms with Crippen molar-refractivity contribution in [2.45, 2.75) is 19.8 Å². The molecule has 0 saturated carbocycles. The lowest BCUT2D eigenvalue weighted by molar-refractivity contribution is 0.0581. The van der Waals surface area contributed by atoms with Crippen LogP contribution >= 0.6 is 0 Å². The Morgan fingerprint density at radius 2 is 1.85 bits per heavy atom. The molecular formula is C14H18O6. The number of benzene rings is 1. The van der Waals surface area contributed by atoms with E-state index in [1.807, 2.05) is 6.92 Å². The molecule has 110 valence electrons. The van der Waals surface area contributed by atoms with Gasteiger partial charge in [0.05, 0.1) is 32.5 Å². The molecule has 1 N–H and O–H groups in total. The molecule has 1 aromatic rings. The fourth-order valence-electron chi connectivity index (χ4n) is 2.07. The Morgan fingerprint density at radius 3 is 2.25 bits per heavy atom. The van der Waals surface area contributed by atoms with Crippen molar-refractivity contribution < 1.29 is 28.9 Å². The molecular weight excluding hydrogens is 264 g/mol. The van der Waals surface area contributed by atoms with Gasteiger partial charge in [0.1, 0.15) is 0 Å². The van der Waals surface area contributed by atoms with E-state index in [9.17, 15) is 14.7 Å². The van der Waals surface area contributed by atoms with E-state index in [0.717, 1.165) is 0 Å². The summed E-state index contributed by atoms with van der Waals surface area (Å²) in [5.41, 5.74) is 0.291. The third-order valence-corrected chi connectivity index (χ3v) is 2.89. The molecule has 0 aromatic heterocycles. The number of rotatable bonds is 6. The van der Waals surface area contributed by atoms with Crippen LogP contribution in [0.2, 0.25) is 0 Å². The minimum atomic E-state index is -1.20. The van der Waals surface area contributed by atoms with Gasteiger partial charge >= 0.3 is 11.9 Å². The van der Waals surface area contributed by atoms with E-state index < -0.39 is 11.9 Å². The molecule has 0 heterocycles. The predicted octanol–water partition coefficient (Wildman–Crippen LogP) is 2.14. The minimum absolute atomic E-state index is 0.0406. The summed E-state index contributed by atoms with van der Waals surface area (Å²) in [5, 5.41) is 9.40. The van der Waals surface area contributed by atoms with E-state index in [1.165, 1.54) is 27.4 Å². The zero-order valence-electron chi connectivity index (χ0n) is 12.0. The molecule has 6 heteroatoms. The number of esters is 1. The summed E-state index contributed by atoms with van der Waals surface area (Å²) in [5.74, 6) is -1.28.